The Morgan fingerprint density at radius 1 is 1.15 bits per heavy atom. The first-order valence-corrected chi connectivity index (χ1v) is 6.93. The molecular weight excluding hydrogens is 320 g/mol. The van der Waals surface area contributed by atoms with Crippen LogP contribution in [0, 0.1) is 0 Å². The van der Waals surface area contributed by atoms with Gasteiger partial charge < -0.3 is 16.2 Å². The zero-order chi connectivity index (χ0) is 14.5. The molecule has 0 aliphatic rings. The average molecular weight is 335 g/mol. The van der Waals surface area contributed by atoms with Crippen LogP contribution < -0.4 is 11.1 Å². The summed E-state index contributed by atoms with van der Waals surface area (Å²) in [6, 6.07) is 13.0. The summed E-state index contributed by atoms with van der Waals surface area (Å²) in [6.07, 6.45) is 0.188. The van der Waals surface area contributed by atoms with Crippen LogP contribution in [0.4, 0.5) is 5.69 Å². The molecule has 5 heteroatoms. The molecular formula is C15H15BrN2O2. The van der Waals surface area contributed by atoms with Crippen molar-refractivity contribution in [2.24, 2.45) is 5.73 Å². The van der Waals surface area contributed by atoms with Crippen LogP contribution in [0.5, 0.6) is 5.75 Å². The fourth-order valence-electron chi connectivity index (χ4n) is 1.93. The maximum absolute atomic E-state index is 11.0. The molecule has 0 unspecified atom stereocenters. The van der Waals surface area contributed by atoms with Crippen LogP contribution in [-0.4, -0.2) is 11.0 Å². The minimum atomic E-state index is -0.371. The molecule has 0 aromatic heterocycles. The predicted molar refractivity (Wildman–Crippen MR) is 82.5 cm³/mol. The zero-order valence-corrected chi connectivity index (χ0v) is 12.4. The lowest BCUT2D eigenvalue weighted by atomic mass is 10.1. The topological polar surface area (TPSA) is 75.4 Å². The Morgan fingerprint density at radius 2 is 1.85 bits per heavy atom. The van der Waals surface area contributed by atoms with Crippen molar-refractivity contribution in [3.05, 3.63) is 58.1 Å². The summed E-state index contributed by atoms with van der Waals surface area (Å²) in [5.74, 6) is -0.156. The number of aromatic hydroxyl groups is 1. The number of primary amides is 1. The van der Waals surface area contributed by atoms with E-state index in [-0.39, 0.29) is 18.1 Å². The Balaban J connectivity index is 2.15. The lowest BCUT2D eigenvalue weighted by molar-refractivity contribution is -0.117. The molecule has 0 radical (unpaired) electrons. The first kappa shape index (κ1) is 14.4. The molecule has 2 aromatic rings. The number of carbonyl (C=O) groups excluding carboxylic acids is 1. The molecule has 20 heavy (non-hydrogen) atoms. The molecule has 2 rings (SSSR count). The van der Waals surface area contributed by atoms with Crippen LogP contribution in [0.15, 0.2) is 46.9 Å². The highest BCUT2D eigenvalue weighted by molar-refractivity contribution is 9.10. The van der Waals surface area contributed by atoms with Crippen LogP contribution in [0.3, 0.4) is 0 Å². The van der Waals surface area contributed by atoms with E-state index < -0.39 is 0 Å². The summed E-state index contributed by atoms with van der Waals surface area (Å²) in [4.78, 5) is 11.0. The minimum Gasteiger partial charge on any atom is -0.506 e. The number of halogens is 1. The Labute approximate surface area is 125 Å². The molecule has 0 bridgehead atoms. The quantitative estimate of drug-likeness (QED) is 0.786. The number of rotatable bonds is 5. The highest BCUT2D eigenvalue weighted by atomic mass is 79.9. The van der Waals surface area contributed by atoms with Crippen molar-refractivity contribution in [3.8, 4) is 5.75 Å². The number of anilines is 1. The third-order valence-corrected chi connectivity index (χ3v) is 3.56. The van der Waals surface area contributed by atoms with Gasteiger partial charge in [0, 0.05) is 17.8 Å². The molecule has 4 nitrogen and oxygen atoms in total. The van der Waals surface area contributed by atoms with Gasteiger partial charge in [-0.3, -0.25) is 4.79 Å². The van der Waals surface area contributed by atoms with Crippen LogP contribution in [0.25, 0.3) is 0 Å². The number of amides is 1. The van der Waals surface area contributed by atoms with Gasteiger partial charge in [-0.25, -0.2) is 0 Å². The molecule has 104 valence electrons. The molecule has 0 heterocycles. The largest absolute Gasteiger partial charge is 0.506 e. The summed E-state index contributed by atoms with van der Waals surface area (Å²) >= 11 is 3.28. The maximum atomic E-state index is 11.0. The van der Waals surface area contributed by atoms with Gasteiger partial charge in [0.1, 0.15) is 5.75 Å². The van der Waals surface area contributed by atoms with Crippen LogP contribution >= 0.6 is 15.9 Å². The number of benzene rings is 2. The standard InChI is InChI=1S/C15H15BrN2O2/c16-12-6-3-5-11(15(12)20)9-18-13-7-2-1-4-10(13)8-14(17)19/h1-7,18,20H,8-9H2,(H2,17,19). The van der Waals surface area contributed by atoms with Gasteiger partial charge in [0.25, 0.3) is 0 Å². The molecule has 0 spiro atoms. The van der Waals surface area contributed by atoms with Crippen LogP contribution in [0.2, 0.25) is 0 Å². The Hall–Kier alpha value is -2.01. The van der Waals surface area contributed by atoms with Crippen LogP contribution in [-0.2, 0) is 17.8 Å². The first-order valence-electron chi connectivity index (χ1n) is 6.14. The normalized spacial score (nSPS) is 10.2. The predicted octanol–water partition coefficient (Wildman–Crippen LogP) is 2.79. The SMILES string of the molecule is NC(=O)Cc1ccccc1NCc1cccc(Br)c1O. The second-order valence-electron chi connectivity index (χ2n) is 4.40. The number of nitrogens with one attached hydrogen (secondary N) is 1. The summed E-state index contributed by atoms with van der Waals surface area (Å²) in [7, 11) is 0. The van der Waals surface area contributed by atoms with Crippen molar-refractivity contribution in [3.63, 3.8) is 0 Å². The second kappa shape index (κ2) is 6.43. The van der Waals surface area contributed by atoms with Crippen LogP contribution in [0.1, 0.15) is 11.1 Å². The Bertz CT molecular complexity index is 629. The summed E-state index contributed by atoms with van der Waals surface area (Å²) in [6.45, 7) is 0.459. The average Bonchev–Trinajstić information content (AvgIpc) is 2.41. The number of nitrogens with two attached hydrogens (primary N) is 1. The van der Waals surface area contributed by atoms with Gasteiger partial charge in [0.15, 0.2) is 0 Å². The van der Waals surface area contributed by atoms with E-state index >= 15 is 0 Å². The molecule has 0 saturated heterocycles. The van der Waals surface area contributed by atoms with Crippen molar-refractivity contribution in [2.45, 2.75) is 13.0 Å². The molecule has 0 atom stereocenters. The number of phenols is 1. The third kappa shape index (κ3) is 3.51. The fourth-order valence-corrected chi connectivity index (χ4v) is 2.33. The van der Waals surface area contributed by atoms with Gasteiger partial charge in [0.2, 0.25) is 5.91 Å². The van der Waals surface area contributed by atoms with Gasteiger partial charge in [-0.05, 0) is 33.6 Å². The Morgan fingerprint density at radius 3 is 2.60 bits per heavy atom. The van der Waals surface area contributed by atoms with Gasteiger partial charge in [-0.1, -0.05) is 30.3 Å². The monoisotopic (exact) mass is 334 g/mol. The van der Waals surface area contributed by atoms with Crippen molar-refractivity contribution in [1.82, 2.24) is 0 Å². The molecule has 0 aliphatic heterocycles. The molecule has 4 N–H and O–H groups in total. The highest BCUT2D eigenvalue weighted by Crippen LogP contribution is 2.28. The summed E-state index contributed by atoms with van der Waals surface area (Å²) < 4.78 is 0.655. The molecule has 0 aliphatic carbocycles. The van der Waals surface area contributed by atoms with Crippen molar-refractivity contribution in [2.75, 3.05) is 5.32 Å². The maximum Gasteiger partial charge on any atom is 0.221 e. The van der Waals surface area contributed by atoms with E-state index in [0.717, 1.165) is 16.8 Å². The van der Waals surface area contributed by atoms with Crippen molar-refractivity contribution in [1.29, 1.82) is 0 Å². The van der Waals surface area contributed by atoms with Gasteiger partial charge in [0.05, 0.1) is 10.9 Å². The lowest BCUT2D eigenvalue weighted by Gasteiger charge is -2.12. The Kier molecular flexibility index (Phi) is 4.63. The number of carbonyl (C=O) groups is 1. The van der Waals surface area contributed by atoms with Crippen molar-refractivity contribution < 1.29 is 9.90 Å². The van der Waals surface area contributed by atoms with E-state index in [1.54, 1.807) is 6.07 Å². The minimum absolute atomic E-state index is 0.188. The molecule has 1 amide bonds. The van der Waals surface area contributed by atoms with Gasteiger partial charge in [-0.15, -0.1) is 0 Å². The first-order chi connectivity index (χ1) is 9.58. The van der Waals surface area contributed by atoms with Gasteiger partial charge in [-0.2, -0.15) is 0 Å². The highest BCUT2D eigenvalue weighted by Gasteiger charge is 2.07. The number of hydrogen-bond acceptors (Lipinski definition) is 3. The second-order valence-corrected chi connectivity index (χ2v) is 5.26. The number of phenolic OH excluding ortho intramolecular Hbond substituents is 1. The van der Waals surface area contributed by atoms with Crippen molar-refractivity contribution >= 4 is 27.5 Å². The van der Waals surface area contributed by atoms with E-state index in [0.29, 0.717) is 11.0 Å². The molecule has 0 fully saturated rings. The van der Waals surface area contributed by atoms with E-state index in [9.17, 15) is 9.90 Å². The fraction of sp³-hybridized carbons (Fsp3) is 0.133. The molecule has 0 saturated carbocycles. The van der Waals surface area contributed by atoms with E-state index in [1.807, 2.05) is 36.4 Å². The number of para-hydroxylation sites is 2. The smallest absolute Gasteiger partial charge is 0.221 e. The third-order valence-electron chi connectivity index (χ3n) is 2.92. The van der Waals surface area contributed by atoms with E-state index in [1.165, 1.54) is 0 Å². The molecule has 2 aromatic carbocycles. The lowest BCUT2D eigenvalue weighted by Crippen LogP contribution is -2.15. The van der Waals surface area contributed by atoms with Gasteiger partial charge >= 0.3 is 0 Å². The number of hydrogen-bond donors (Lipinski definition) is 3. The summed E-state index contributed by atoms with van der Waals surface area (Å²) in [5, 5.41) is 13.1. The zero-order valence-electron chi connectivity index (χ0n) is 10.8. The summed E-state index contributed by atoms with van der Waals surface area (Å²) in [5.41, 5.74) is 7.68. The van der Waals surface area contributed by atoms with E-state index in [2.05, 4.69) is 21.2 Å². The van der Waals surface area contributed by atoms with E-state index in [4.69, 9.17) is 5.73 Å².